The van der Waals surface area contributed by atoms with Crippen LogP contribution in [0.5, 0.6) is 0 Å². The Bertz CT molecular complexity index is 974. The minimum Gasteiger partial charge on any atom is -0.324 e. The van der Waals surface area contributed by atoms with Crippen molar-refractivity contribution < 1.29 is 4.79 Å². The number of nitrogens with one attached hydrogen (secondary N) is 1. The van der Waals surface area contributed by atoms with Gasteiger partial charge in [0.05, 0.1) is 0 Å². The van der Waals surface area contributed by atoms with Crippen molar-refractivity contribution in [2.75, 3.05) is 16.8 Å². The number of benzene rings is 2. The zero-order chi connectivity index (χ0) is 19.4. The molecule has 6 heteroatoms. The molecular formula is C21H21ClN4O. The lowest BCUT2D eigenvalue weighted by molar-refractivity contribution is 0.0983. The molecule has 0 atom stereocenters. The first-order valence-electron chi connectivity index (χ1n) is 8.73. The number of hydrogen-bond donors (Lipinski definition) is 1. The lowest BCUT2D eigenvalue weighted by atomic mass is 10.2. The third kappa shape index (κ3) is 4.26. The summed E-state index contributed by atoms with van der Waals surface area (Å²) in [6.07, 6.45) is 1.58. The van der Waals surface area contributed by atoms with E-state index >= 15 is 0 Å². The van der Waals surface area contributed by atoms with Gasteiger partial charge in [0.25, 0.3) is 5.91 Å². The largest absolute Gasteiger partial charge is 0.324 e. The Morgan fingerprint density at radius 1 is 1.15 bits per heavy atom. The van der Waals surface area contributed by atoms with E-state index in [1.165, 1.54) is 0 Å². The van der Waals surface area contributed by atoms with Gasteiger partial charge in [0, 0.05) is 29.1 Å². The molecule has 1 N–H and O–H groups in total. The lowest BCUT2D eigenvalue weighted by Gasteiger charge is -2.21. The van der Waals surface area contributed by atoms with E-state index in [0.29, 0.717) is 23.2 Å². The van der Waals surface area contributed by atoms with Crippen molar-refractivity contribution in [3.05, 3.63) is 76.6 Å². The fourth-order valence-corrected chi connectivity index (χ4v) is 2.95. The maximum absolute atomic E-state index is 13.0. The number of amides is 1. The van der Waals surface area contributed by atoms with Crippen molar-refractivity contribution in [3.8, 4) is 0 Å². The first-order valence-corrected chi connectivity index (χ1v) is 9.11. The average molecular weight is 381 g/mol. The molecule has 138 valence electrons. The molecule has 3 rings (SSSR count). The van der Waals surface area contributed by atoms with Crippen LogP contribution in [-0.4, -0.2) is 22.4 Å². The Hall–Kier alpha value is -2.92. The van der Waals surface area contributed by atoms with Crippen LogP contribution < -0.4 is 10.2 Å². The second kappa shape index (κ2) is 8.18. The van der Waals surface area contributed by atoms with E-state index in [0.717, 1.165) is 22.5 Å². The number of aromatic nitrogens is 2. The van der Waals surface area contributed by atoms with E-state index in [9.17, 15) is 4.79 Å². The second-order valence-electron chi connectivity index (χ2n) is 6.19. The molecule has 1 heterocycles. The Kier molecular flexibility index (Phi) is 5.72. The van der Waals surface area contributed by atoms with Crippen LogP contribution in [0, 0.1) is 13.8 Å². The van der Waals surface area contributed by atoms with E-state index in [4.69, 9.17) is 11.6 Å². The molecule has 0 unspecified atom stereocenters. The summed E-state index contributed by atoms with van der Waals surface area (Å²) in [6.45, 7) is 6.40. The van der Waals surface area contributed by atoms with Gasteiger partial charge in [0.1, 0.15) is 5.69 Å². The summed E-state index contributed by atoms with van der Waals surface area (Å²) in [5, 5.41) is 3.79. The van der Waals surface area contributed by atoms with E-state index in [1.54, 1.807) is 17.2 Å². The second-order valence-corrected chi connectivity index (χ2v) is 6.60. The van der Waals surface area contributed by atoms with Gasteiger partial charge in [0.2, 0.25) is 5.95 Å². The smallest absolute Gasteiger partial charge is 0.277 e. The van der Waals surface area contributed by atoms with Crippen LogP contribution in [0.4, 0.5) is 17.3 Å². The van der Waals surface area contributed by atoms with E-state index in [-0.39, 0.29) is 5.91 Å². The van der Waals surface area contributed by atoms with Crippen molar-refractivity contribution in [1.29, 1.82) is 0 Å². The summed E-state index contributed by atoms with van der Waals surface area (Å²) in [5.74, 6) is 0.183. The van der Waals surface area contributed by atoms with Crippen molar-refractivity contribution in [2.24, 2.45) is 0 Å². The van der Waals surface area contributed by atoms with Crippen LogP contribution in [0.25, 0.3) is 0 Å². The van der Waals surface area contributed by atoms with E-state index in [1.807, 2.05) is 63.2 Å². The first-order chi connectivity index (χ1) is 13.0. The maximum atomic E-state index is 13.0. The van der Waals surface area contributed by atoms with Crippen molar-refractivity contribution >= 4 is 34.8 Å². The Labute approximate surface area is 164 Å². The van der Waals surface area contributed by atoms with E-state index in [2.05, 4.69) is 15.3 Å². The molecule has 0 saturated carbocycles. The SMILES string of the molecule is CCN(C(=O)c1ccnc(Nc2cccc(Cl)c2C)n1)c1cccc(C)c1. The molecule has 1 aromatic heterocycles. The number of carbonyl (C=O) groups is 1. The molecule has 0 radical (unpaired) electrons. The van der Waals surface area contributed by atoms with Crippen LogP contribution >= 0.6 is 11.6 Å². The van der Waals surface area contributed by atoms with Gasteiger partial charge < -0.3 is 10.2 Å². The zero-order valence-electron chi connectivity index (χ0n) is 15.5. The molecule has 5 nitrogen and oxygen atoms in total. The number of halogens is 1. The van der Waals surface area contributed by atoms with Crippen molar-refractivity contribution in [1.82, 2.24) is 9.97 Å². The number of aryl methyl sites for hydroxylation is 1. The highest BCUT2D eigenvalue weighted by Gasteiger charge is 2.18. The third-order valence-corrected chi connectivity index (χ3v) is 4.67. The fourth-order valence-electron chi connectivity index (χ4n) is 2.78. The summed E-state index contributed by atoms with van der Waals surface area (Å²) in [5.41, 5.74) is 3.98. The first kappa shape index (κ1) is 18.9. The Morgan fingerprint density at radius 2 is 1.93 bits per heavy atom. The van der Waals surface area contributed by atoms with Crippen LogP contribution in [0.2, 0.25) is 5.02 Å². The topological polar surface area (TPSA) is 58.1 Å². The summed E-state index contributed by atoms with van der Waals surface area (Å²) >= 11 is 6.16. The molecule has 0 aliphatic heterocycles. The van der Waals surface area contributed by atoms with Gasteiger partial charge in [-0.05, 0) is 62.2 Å². The predicted molar refractivity (Wildman–Crippen MR) is 110 cm³/mol. The fraction of sp³-hybridized carbons (Fsp3) is 0.190. The highest BCUT2D eigenvalue weighted by Crippen LogP contribution is 2.25. The number of hydrogen-bond acceptors (Lipinski definition) is 4. The molecule has 0 fully saturated rings. The predicted octanol–water partition coefficient (Wildman–Crippen LogP) is 5.16. The van der Waals surface area contributed by atoms with Gasteiger partial charge in [-0.15, -0.1) is 0 Å². The number of carbonyl (C=O) groups excluding carboxylic acids is 1. The summed E-state index contributed by atoms with van der Waals surface area (Å²) in [6, 6.07) is 15.0. The van der Waals surface area contributed by atoms with Crippen LogP contribution in [0.3, 0.4) is 0 Å². The van der Waals surface area contributed by atoms with Gasteiger partial charge in [-0.2, -0.15) is 0 Å². The maximum Gasteiger partial charge on any atom is 0.277 e. The molecule has 0 spiro atoms. The third-order valence-electron chi connectivity index (χ3n) is 4.26. The van der Waals surface area contributed by atoms with Crippen molar-refractivity contribution in [3.63, 3.8) is 0 Å². The zero-order valence-corrected chi connectivity index (χ0v) is 16.3. The normalized spacial score (nSPS) is 10.5. The van der Waals surface area contributed by atoms with Crippen LogP contribution in [-0.2, 0) is 0 Å². The molecular weight excluding hydrogens is 360 g/mol. The lowest BCUT2D eigenvalue weighted by Crippen LogP contribution is -2.31. The van der Waals surface area contributed by atoms with Crippen molar-refractivity contribution in [2.45, 2.75) is 20.8 Å². The number of rotatable bonds is 5. The van der Waals surface area contributed by atoms with E-state index < -0.39 is 0 Å². The molecule has 0 aliphatic carbocycles. The standard InChI is InChI=1S/C21H21ClN4O/c1-4-26(16-8-5-7-14(2)13-16)20(27)19-11-12-23-21(25-19)24-18-10-6-9-17(22)15(18)3/h5-13H,4H2,1-3H3,(H,23,24,25). The van der Waals surface area contributed by atoms with Gasteiger partial charge in [-0.1, -0.05) is 29.8 Å². The number of anilines is 3. The number of nitrogens with zero attached hydrogens (tertiary/aromatic N) is 3. The molecule has 27 heavy (non-hydrogen) atoms. The van der Waals surface area contributed by atoms with Gasteiger partial charge >= 0.3 is 0 Å². The minimum absolute atomic E-state index is 0.170. The van der Waals surface area contributed by atoms with Crippen LogP contribution in [0.1, 0.15) is 28.5 Å². The summed E-state index contributed by atoms with van der Waals surface area (Å²) in [4.78, 5) is 23.3. The molecule has 1 amide bonds. The highest BCUT2D eigenvalue weighted by atomic mass is 35.5. The summed E-state index contributed by atoms with van der Waals surface area (Å²) in [7, 11) is 0. The summed E-state index contributed by atoms with van der Waals surface area (Å²) < 4.78 is 0. The molecule has 2 aromatic carbocycles. The van der Waals surface area contributed by atoms with Crippen LogP contribution in [0.15, 0.2) is 54.7 Å². The molecule has 3 aromatic rings. The average Bonchev–Trinajstić information content (AvgIpc) is 2.66. The quantitative estimate of drug-likeness (QED) is 0.664. The van der Waals surface area contributed by atoms with Gasteiger partial charge in [-0.25, -0.2) is 9.97 Å². The minimum atomic E-state index is -0.170. The Balaban J connectivity index is 1.88. The molecule has 0 bridgehead atoms. The monoisotopic (exact) mass is 380 g/mol. The van der Waals surface area contributed by atoms with Gasteiger partial charge in [0.15, 0.2) is 0 Å². The highest BCUT2D eigenvalue weighted by molar-refractivity contribution is 6.31. The molecule has 0 saturated heterocycles. The molecule has 0 aliphatic rings. The Morgan fingerprint density at radius 3 is 2.67 bits per heavy atom. The van der Waals surface area contributed by atoms with Gasteiger partial charge in [-0.3, -0.25) is 4.79 Å².